The lowest BCUT2D eigenvalue weighted by molar-refractivity contribution is -0.133. The molecular formula is C26H46N4O. The summed E-state index contributed by atoms with van der Waals surface area (Å²) < 4.78 is 0. The molecule has 4 atom stereocenters. The number of piperazine rings is 1. The van der Waals surface area contributed by atoms with Crippen LogP contribution in [0.3, 0.4) is 0 Å². The molecule has 0 bridgehead atoms. The molecule has 4 heterocycles. The quantitative estimate of drug-likeness (QED) is 0.668. The molecule has 0 radical (unpaired) electrons. The number of nitrogens with zero attached hydrogens (tertiary/aromatic N) is 4. The van der Waals surface area contributed by atoms with E-state index in [0.29, 0.717) is 11.9 Å². The van der Waals surface area contributed by atoms with Crippen LogP contribution in [0.15, 0.2) is 0 Å². The summed E-state index contributed by atoms with van der Waals surface area (Å²) in [4.78, 5) is 23.3. The lowest BCUT2D eigenvalue weighted by Crippen LogP contribution is -2.63. The van der Waals surface area contributed by atoms with E-state index in [2.05, 4.69) is 26.6 Å². The van der Waals surface area contributed by atoms with Crippen molar-refractivity contribution in [3.8, 4) is 0 Å². The van der Waals surface area contributed by atoms with Gasteiger partial charge in [0.2, 0.25) is 5.91 Å². The zero-order valence-corrected chi connectivity index (χ0v) is 20.0. The Kier molecular flexibility index (Phi) is 7.21. The van der Waals surface area contributed by atoms with Gasteiger partial charge in [0.1, 0.15) is 0 Å². The highest BCUT2D eigenvalue weighted by Gasteiger charge is 2.47. The van der Waals surface area contributed by atoms with Crippen LogP contribution in [0.4, 0.5) is 0 Å². The fraction of sp³-hybridized carbons (Fsp3) is 0.962. The number of piperidine rings is 3. The van der Waals surface area contributed by atoms with Crippen LogP contribution in [-0.4, -0.2) is 96.5 Å². The van der Waals surface area contributed by atoms with Gasteiger partial charge in [0.05, 0.1) is 0 Å². The van der Waals surface area contributed by atoms with Gasteiger partial charge in [-0.2, -0.15) is 0 Å². The molecule has 5 fully saturated rings. The number of carbonyl (C=O) groups excluding carboxylic acids is 1. The van der Waals surface area contributed by atoms with Gasteiger partial charge in [-0.15, -0.1) is 0 Å². The Labute approximate surface area is 190 Å². The number of hydrogen-bond donors (Lipinski definition) is 0. The van der Waals surface area contributed by atoms with Crippen molar-refractivity contribution >= 4 is 5.91 Å². The van der Waals surface area contributed by atoms with Gasteiger partial charge in [0.15, 0.2) is 0 Å². The largest absolute Gasteiger partial charge is 0.340 e. The summed E-state index contributed by atoms with van der Waals surface area (Å²) in [5.74, 6) is 2.15. The summed E-state index contributed by atoms with van der Waals surface area (Å²) in [5, 5.41) is 0. The van der Waals surface area contributed by atoms with Gasteiger partial charge >= 0.3 is 0 Å². The standard InChI is InChI=1S/C26H46N4O/c1-27-20-21-8-6-14-30-15-7-11-23(26(21)30)24(27)12-5-13-25(31)29-18-16-28(17-19-29)22-9-3-2-4-10-22/h21-24,26H,2-20H2,1H3/t21-,23+,24+,26-/m0/s1. The van der Waals surface area contributed by atoms with E-state index in [4.69, 9.17) is 0 Å². The maximum Gasteiger partial charge on any atom is 0.222 e. The van der Waals surface area contributed by atoms with Crippen LogP contribution in [-0.2, 0) is 4.79 Å². The molecule has 5 rings (SSSR count). The van der Waals surface area contributed by atoms with E-state index in [1.165, 1.54) is 83.8 Å². The van der Waals surface area contributed by atoms with Gasteiger partial charge in [0.25, 0.3) is 0 Å². The van der Waals surface area contributed by atoms with E-state index in [9.17, 15) is 4.79 Å². The fourth-order valence-electron chi connectivity index (χ4n) is 8.05. The number of likely N-dealkylation sites (tertiary alicyclic amines) is 1. The lowest BCUT2D eigenvalue weighted by atomic mass is 9.69. The molecule has 0 aromatic rings. The monoisotopic (exact) mass is 430 g/mol. The van der Waals surface area contributed by atoms with Crippen LogP contribution >= 0.6 is 0 Å². The molecule has 1 amide bonds. The minimum atomic E-state index is 0.419. The number of rotatable bonds is 5. The summed E-state index contributed by atoms with van der Waals surface area (Å²) in [5.41, 5.74) is 0. The second kappa shape index (κ2) is 10.1. The average molecular weight is 431 g/mol. The maximum atomic E-state index is 12.9. The molecule has 5 heteroatoms. The van der Waals surface area contributed by atoms with Crippen LogP contribution in [0, 0.1) is 11.8 Å². The van der Waals surface area contributed by atoms with Crippen LogP contribution in [0.5, 0.6) is 0 Å². The van der Waals surface area contributed by atoms with Crippen molar-refractivity contribution in [2.75, 3.05) is 52.9 Å². The molecule has 0 unspecified atom stereocenters. The second-order valence-electron chi connectivity index (χ2n) is 11.3. The van der Waals surface area contributed by atoms with Crippen LogP contribution in [0.1, 0.15) is 77.0 Å². The fourth-order valence-corrected chi connectivity index (χ4v) is 8.05. The molecule has 176 valence electrons. The van der Waals surface area contributed by atoms with Gasteiger partial charge in [-0.3, -0.25) is 14.6 Å². The van der Waals surface area contributed by atoms with Crippen LogP contribution in [0.2, 0.25) is 0 Å². The van der Waals surface area contributed by atoms with Crippen molar-refractivity contribution in [2.24, 2.45) is 11.8 Å². The number of amides is 1. The predicted molar refractivity (Wildman–Crippen MR) is 126 cm³/mol. The van der Waals surface area contributed by atoms with Crippen molar-refractivity contribution in [1.82, 2.24) is 19.6 Å². The van der Waals surface area contributed by atoms with Gasteiger partial charge < -0.3 is 9.80 Å². The van der Waals surface area contributed by atoms with Crippen LogP contribution in [0.25, 0.3) is 0 Å². The van der Waals surface area contributed by atoms with E-state index in [1.807, 2.05) is 0 Å². The van der Waals surface area contributed by atoms with Crippen molar-refractivity contribution in [2.45, 2.75) is 95.2 Å². The SMILES string of the molecule is CN1C[C@@H]2CCCN3CCC[C@@H]([C@H]23)[C@H]1CCCC(=O)N1CCN(C2CCCCC2)CC1. The number of hydrogen-bond acceptors (Lipinski definition) is 4. The molecule has 0 aromatic carbocycles. The predicted octanol–water partition coefficient (Wildman–Crippen LogP) is 3.44. The van der Waals surface area contributed by atoms with Gasteiger partial charge in [0, 0.05) is 57.3 Å². The molecule has 0 aromatic heterocycles. The first kappa shape index (κ1) is 22.2. The molecule has 4 aliphatic heterocycles. The summed E-state index contributed by atoms with van der Waals surface area (Å²) in [6, 6.07) is 2.33. The molecule has 0 spiro atoms. The molecule has 1 saturated carbocycles. The van der Waals surface area contributed by atoms with E-state index in [-0.39, 0.29) is 0 Å². The Morgan fingerprint density at radius 3 is 2.32 bits per heavy atom. The molecule has 5 aliphatic rings. The summed E-state index contributed by atoms with van der Waals surface area (Å²) in [6.07, 6.45) is 15.6. The highest BCUT2D eigenvalue weighted by atomic mass is 16.2. The molecule has 5 nitrogen and oxygen atoms in total. The Bertz CT molecular complexity index is 596. The third kappa shape index (κ3) is 4.84. The molecular weight excluding hydrogens is 384 g/mol. The highest BCUT2D eigenvalue weighted by Crippen LogP contribution is 2.42. The summed E-state index contributed by atoms with van der Waals surface area (Å²) in [6.45, 7) is 8.06. The summed E-state index contributed by atoms with van der Waals surface area (Å²) >= 11 is 0. The third-order valence-corrected chi connectivity index (χ3v) is 9.58. The average Bonchev–Trinajstić information content (AvgIpc) is 2.82. The maximum absolute atomic E-state index is 12.9. The first-order valence-corrected chi connectivity index (χ1v) is 13.7. The van der Waals surface area contributed by atoms with Crippen LogP contribution < -0.4 is 0 Å². The van der Waals surface area contributed by atoms with Gasteiger partial charge in [-0.05, 0) is 83.3 Å². The highest BCUT2D eigenvalue weighted by molar-refractivity contribution is 5.76. The Morgan fingerprint density at radius 1 is 0.806 bits per heavy atom. The molecule has 0 N–H and O–H groups in total. The zero-order valence-electron chi connectivity index (χ0n) is 20.0. The Morgan fingerprint density at radius 2 is 1.55 bits per heavy atom. The topological polar surface area (TPSA) is 30.0 Å². The van der Waals surface area contributed by atoms with Crippen molar-refractivity contribution in [3.05, 3.63) is 0 Å². The first-order valence-electron chi connectivity index (χ1n) is 13.7. The van der Waals surface area contributed by atoms with E-state index in [1.54, 1.807) is 0 Å². The molecule has 1 aliphatic carbocycles. The normalized spacial score (nSPS) is 36.4. The Balaban J connectivity index is 1.08. The smallest absolute Gasteiger partial charge is 0.222 e. The van der Waals surface area contributed by atoms with Crippen molar-refractivity contribution in [3.63, 3.8) is 0 Å². The van der Waals surface area contributed by atoms with Crippen molar-refractivity contribution in [1.29, 1.82) is 0 Å². The Hall–Kier alpha value is -0.650. The third-order valence-electron chi connectivity index (χ3n) is 9.58. The molecule has 4 saturated heterocycles. The van der Waals surface area contributed by atoms with Gasteiger partial charge in [-0.25, -0.2) is 0 Å². The minimum absolute atomic E-state index is 0.419. The second-order valence-corrected chi connectivity index (χ2v) is 11.3. The molecule has 31 heavy (non-hydrogen) atoms. The van der Waals surface area contributed by atoms with E-state index in [0.717, 1.165) is 62.9 Å². The van der Waals surface area contributed by atoms with Gasteiger partial charge in [-0.1, -0.05) is 19.3 Å². The van der Waals surface area contributed by atoms with E-state index >= 15 is 0 Å². The minimum Gasteiger partial charge on any atom is -0.340 e. The summed E-state index contributed by atoms with van der Waals surface area (Å²) in [7, 11) is 2.36. The zero-order chi connectivity index (χ0) is 21.2. The number of carbonyl (C=O) groups is 1. The van der Waals surface area contributed by atoms with Crippen molar-refractivity contribution < 1.29 is 4.79 Å². The lowest BCUT2D eigenvalue weighted by Gasteiger charge is -2.57. The first-order chi connectivity index (χ1) is 15.2. The van der Waals surface area contributed by atoms with E-state index < -0.39 is 0 Å².